The highest BCUT2D eigenvalue weighted by atomic mass is 32.1. The first-order chi connectivity index (χ1) is 10.7. The molecule has 0 fully saturated rings. The molecule has 1 aliphatic rings. The van der Waals surface area contributed by atoms with Crippen molar-refractivity contribution in [3.05, 3.63) is 51.2 Å². The second-order valence-corrected chi connectivity index (χ2v) is 6.33. The van der Waals surface area contributed by atoms with Gasteiger partial charge in [0.05, 0.1) is 5.56 Å². The SMILES string of the molecule is CNC(=O)c1ccc(NC(=O)c2csc3c2CCCC3)cc1. The predicted molar refractivity (Wildman–Crippen MR) is 88.7 cm³/mol. The zero-order valence-corrected chi connectivity index (χ0v) is 13.3. The maximum Gasteiger partial charge on any atom is 0.256 e. The predicted octanol–water partition coefficient (Wildman–Crippen LogP) is 3.24. The minimum atomic E-state index is -0.134. The smallest absolute Gasteiger partial charge is 0.256 e. The fraction of sp³-hybridized carbons (Fsp3) is 0.294. The van der Waals surface area contributed by atoms with Crippen molar-refractivity contribution in [3.8, 4) is 0 Å². The minimum absolute atomic E-state index is 0.0629. The lowest BCUT2D eigenvalue weighted by molar-refractivity contribution is 0.0962. The quantitative estimate of drug-likeness (QED) is 0.914. The lowest BCUT2D eigenvalue weighted by Crippen LogP contribution is -2.18. The van der Waals surface area contributed by atoms with Gasteiger partial charge in [-0.1, -0.05) is 0 Å². The minimum Gasteiger partial charge on any atom is -0.355 e. The maximum absolute atomic E-state index is 12.4. The van der Waals surface area contributed by atoms with E-state index in [4.69, 9.17) is 0 Å². The number of carbonyl (C=O) groups is 2. The van der Waals surface area contributed by atoms with Gasteiger partial charge in [-0.15, -0.1) is 11.3 Å². The molecule has 114 valence electrons. The summed E-state index contributed by atoms with van der Waals surface area (Å²) in [5, 5.41) is 7.45. The molecule has 0 bridgehead atoms. The second-order valence-electron chi connectivity index (χ2n) is 5.37. The van der Waals surface area contributed by atoms with Gasteiger partial charge in [0.1, 0.15) is 0 Å². The van der Waals surface area contributed by atoms with Crippen LogP contribution in [0.2, 0.25) is 0 Å². The Labute approximate surface area is 133 Å². The summed E-state index contributed by atoms with van der Waals surface area (Å²) in [5.41, 5.74) is 3.30. The van der Waals surface area contributed by atoms with Gasteiger partial charge in [-0.2, -0.15) is 0 Å². The van der Waals surface area contributed by atoms with E-state index >= 15 is 0 Å². The molecule has 1 aromatic carbocycles. The molecule has 2 amide bonds. The third-order valence-corrected chi connectivity index (χ3v) is 5.03. The van der Waals surface area contributed by atoms with Gasteiger partial charge < -0.3 is 10.6 Å². The van der Waals surface area contributed by atoms with Gasteiger partial charge >= 0.3 is 0 Å². The zero-order chi connectivity index (χ0) is 15.5. The summed E-state index contributed by atoms with van der Waals surface area (Å²) in [7, 11) is 1.59. The van der Waals surface area contributed by atoms with E-state index in [1.54, 1.807) is 42.6 Å². The monoisotopic (exact) mass is 314 g/mol. The first-order valence-corrected chi connectivity index (χ1v) is 8.29. The summed E-state index contributed by atoms with van der Waals surface area (Å²) in [6.45, 7) is 0. The first kappa shape index (κ1) is 14.8. The van der Waals surface area contributed by atoms with E-state index in [0.717, 1.165) is 24.8 Å². The zero-order valence-electron chi connectivity index (χ0n) is 12.4. The van der Waals surface area contributed by atoms with E-state index in [2.05, 4.69) is 10.6 Å². The average Bonchev–Trinajstić information content (AvgIpc) is 2.99. The van der Waals surface area contributed by atoms with Crippen molar-refractivity contribution in [1.29, 1.82) is 0 Å². The van der Waals surface area contributed by atoms with Crippen LogP contribution in [0.1, 0.15) is 44.0 Å². The number of fused-ring (bicyclic) bond motifs is 1. The molecule has 0 aliphatic heterocycles. The van der Waals surface area contributed by atoms with Crippen molar-refractivity contribution >= 4 is 28.8 Å². The van der Waals surface area contributed by atoms with Crippen molar-refractivity contribution in [2.45, 2.75) is 25.7 Å². The van der Waals surface area contributed by atoms with Crippen LogP contribution in [0.3, 0.4) is 0 Å². The number of hydrogen-bond donors (Lipinski definition) is 2. The van der Waals surface area contributed by atoms with Crippen LogP contribution < -0.4 is 10.6 Å². The Balaban J connectivity index is 1.74. The molecular formula is C17H18N2O2S. The summed E-state index contributed by atoms with van der Waals surface area (Å²) in [4.78, 5) is 25.3. The Hall–Kier alpha value is -2.14. The molecule has 0 spiro atoms. The molecule has 2 aromatic rings. The van der Waals surface area contributed by atoms with Crippen LogP contribution in [-0.4, -0.2) is 18.9 Å². The number of aryl methyl sites for hydroxylation is 1. The van der Waals surface area contributed by atoms with Crippen molar-refractivity contribution in [3.63, 3.8) is 0 Å². The molecule has 5 heteroatoms. The van der Waals surface area contributed by atoms with E-state index in [0.29, 0.717) is 11.3 Å². The number of benzene rings is 1. The fourth-order valence-electron chi connectivity index (χ4n) is 2.73. The average molecular weight is 314 g/mol. The molecule has 22 heavy (non-hydrogen) atoms. The molecule has 1 heterocycles. The number of anilines is 1. The molecule has 4 nitrogen and oxygen atoms in total. The Morgan fingerprint density at radius 3 is 2.50 bits per heavy atom. The summed E-state index contributed by atoms with van der Waals surface area (Å²) >= 11 is 1.69. The molecule has 0 atom stereocenters. The molecule has 1 aliphatic carbocycles. The Bertz CT molecular complexity index is 704. The molecule has 3 rings (SSSR count). The number of hydrogen-bond acceptors (Lipinski definition) is 3. The fourth-order valence-corrected chi connectivity index (χ4v) is 3.86. The Kier molecular flexibility index (Phi) is 4.24. The van der Waals surface area contributed by atoms with E-state index in [-0.39, 0.29) is 11.8 Å². The number of nitrogens with one attached hydrogen (secondary N) is 2. The molecule has 0 unspecified atom stereocenters. The van der Waals surface area contributed by atoms with Crippen LogP contribution in [0.25, 0.3) is 0 Å². The van der Waals surface area contributed by atoms with Crippen molar-refractivity contribution in [2.24, 2.45) is 0 Å². The third kappa shape index (κ3) is 2.90. The highest BCUT2D eigenvalue weighted by molar-refractivity contribution is 7.10. The maximum atomic E-state index is 12.4. The number of amides is 2. The Morgan fingerprint density at radius 1 is 1.05 bits per heavy atom. The van der Waals surface area contributed by atoms with Crippen LogP contribution in [-0.2, 0) is 12.8 Å². The first-order valence-electron chi connectivity index (χ1n) is 7.42. The molecule has 0 saturated carbocycles. The van der Waals surface area contributed by atoms with Gasteiger partial charge in [0, 0.05) is 28.6 Å². The normalized spacial score (nSPS) is 13.3. The van der Waals surface area contributed by atoms with Gasteiger partial charge in [-0.25, -0.2) is 0 Å². The van der Waals surface area contributed by atoms with Gasteiger partial charge in [-0.3, -0.25) is 9.59 Å². The molecule has 1 aromatic heterocycles. The summed E-state index contributed by atoms with van der Waals surface area (Å²) < 4.78 is 0. The van der Waals surface area contributed by atoms with Gasteiger partial charge in [0.25, 0.3) is 11.8 Å². The van der Waals surface area contributed by atoms with Gasteiger partial charge in [0.15, 0.2) is 0 Å². The van der Waals surface area contributed by atoms with E-state index in [9.17, 15) is 9.59 Å². The summed E-state index contributed by atoms with van der Waals surface area (Å²) in [5.74, 6) is -0.197. The Morgan fingerprint density at radius 2 is 1.77 bits per heavy atom. The van der Waals surface area contributed by atoms with Crippen molar-refractivity contribution in [2.75, 3.05) is 12.4 Å². The topological polar surface area (TPSA) is 58.2 Å². The standard InChI is InChI=1S/C17H18N2O2S/c1-18-16(20)11-6-8-12(9-7-11)19-17(21)14-10-22-15-5-3-2-4-13(14)15/h6-10H,2-5H2,1H3,(H,18,20)(H,19,21). The highest BCUT2D eigenvalue weighted by Crippen LogP contribution is 2.30. The van der Waals surface area contributed by atoms with E-state index < -0.39 is 0 Å². The second kappa shape index (κ2) is 6.32. The largest absolute Gasteiger partial charge is 0.355 e. The van der Waals surface area contributed by atoms with Crippen molar-refractivity contribution in [1.82, 2.24) is 5.32 Å². The molecule has 0 radical (unpaired) electrons. The summed E-state index contributed by atoms with van der Waals surface area (Å²) in [6.07, 6.45) is 4.46. The third-order valence-electron chi connectivity index (χ3n) is 3.94. The van der Waals surface area contributed by atoms with Crippen LogP contribution in [0.4, 0.5) is 5.69 Å². The van der Waals surface area contributed by atoms with Crippen LogP contribution in [0, 0.1) is 0 Å². The van der Waals surface area contributed by atoms with Crippen molar-refractivity contribution < 1.29 is 9.59 Å². The van der Waals surface area contributed by atoms with Crippen LogP contribution in [0.5, 0.6) is 0 Å². The lowest BCUT2D eigenvalue weighted by Gasteiger charge is -2.12. The summed E-state index contributed by atoms with van der Waals surface area (Å²) in [6, 6.07) is 6.91. The van der Waals surface area contributed by atoms with Gasteiger partial charge in [-0.05, 0) is 55.5 Å². The number of rotatable bonds is 3. The lowest BCUT2D eigenvalue weighted by atomic mass is 9.95. The number of thiophene rings is 1. The van der Waals surface area contributed by atoms with E-state index in [1.165, 1.54) is 16.9 Å². The molecule has 0 saturated heterocycles. The highest BCUT2D eigenvalue weighted by Gasteiger charge is 2.20. The molecule has 2 N–H and O–H groups in total. The van der Waals surface area contributed by atoms with Crippen LogP contribution in [0.15, 0.2) is 29.6 Å². The number of carbonyl (C=O) groups excluding carboxylic acids is 2. The van der Waals surface area contributed by atoms with E-state index in [1.807, 2.05) is 5.38 Å². The molecular weight excluding hydrogens is 296 g/mol. The van der Waals surface area contributed by atoms with Crippen LogP contribution >= 0.6 is 11.3 Å². The van der Waals surface area contributed by atoms with Gasteiger partial charge in [0.2, 0.25) is 0 Å².